The number of esters is 1. The fraction of sp³-hybridized carbons (Fsp3) is 0.487. The normalized spacial score (nSPS) is 24.3. The van der Waals surface area contributed by atoms with E-state index in [9.17, 15) is 24.3 Å². The van der Waals surface area contributed by atoms with Gasteiger partial charge in [0, 0.05) is 32.7 Å². The molecule has 0 unspecified atom stereocenters. The number of aliphatic hydroxyl groups excluding tert-OH is 1. The molecule has 1 spiro atoms. The van der Waals surface area contributed by atoms with Crippen LogP contribution < -0.4 is 5.32 Å². The lowest BCUT2D eigenvalue weighted by molar-refractivity contribution is -0.160. The van der Waals surface area contributed by atoms with Gasteiger partial charge in [-0.1, -0.05) is 85.7 Å². The summed E-state index contributed by atoms with van der Waals surface area (Å²) >= 11 is 0. The van der Waals surface area contributed by atoms with Gasteiger partial charge >= 0.3 is 5.97 Å². The van der Waals surface area contributed by atoms with Crippen LogP contribution in [0.15, 0.2) is 86.0 Å². The molecule has 2 aromatic carbocycles. The summed E-state index contributed by atoms with van der Waals surface area (Å²) in [6.07, 6.45) is 6.72. The van der Waals surface area contributed by atoms with Gasteiger partial charge in [-0.15, -0.1) is 13.2 Å². The fourth-order valence-electron chi connectivity index (χ4n) is 7.70. The quantitative estimate of drug-likeness (QED) is 0.128. The largest absolute Gasteiger partial charge is 0.455 e. The van der Waals surface area contributed by atoms with Crippen molar-refractivity contribution in [3.8, 4) is 0 Å². The molecule has 2 N–H and O–H groups in total. The van der Waals surface area contributed by atoms with E-state index in [4.69, 9.17) is 9.47 Å². The van der Waals surface area contributed by atoms with Gasteiger partial charge in [-0.25, -0.2) is 0 Å². The Bertz CT molecular complexity index is 1470. The minimum absolute atomic E-state index is 0.0742. The minimum atomic E-state index is -1.16. The van der Waals surface area contributed by atoms with Crippen molar-refractivity contribution < 1.29 is 33.8 Å². The van der Waals surface area contributed by atoms with Gasteiger partial charge in [0.05, 0.1) is 24.5 Å². The summed E-state index contributed by atoms with van der Waals surface area (Å²) in [5.41, 5.74) is 0.508. The molecule has 49 heavy (non-hydrogen) atoms. The number of carbonyl (C=O) groups is 4. The van der Waals surface area contributed by atoms with Crippen LogP contribution in [0.5, 0.6) is 0 Å². The molecule has 10 heteroatoms. The van der Waals surface area contributed by atoms with Gasteiger partial charge in [0.25, 0.3) is 0 Å². The van der Waals surface area contributed by atoms with Crippen molar-refractivity contribution in [1.29, 1.82) is 0 Å². The van der Waals surface area contributed by atoms with E-state index < -0.39 is 41.7 Å². The number of benzene rings is 2. The first-order valence-corrected chi connectivity index (χ1v) is 17.5. The number of amides is 3. The van der Waals surface area contributed by atoms with Crippen LogP contribution in [0.25, 0.3) is 0 Å². The van der Waals surface area contributed by atoms with Gasteiger partial charge in [0.1, 0.15) is 17.7 Å². The van der Waals surface area contributed by atoms with E-state index in [-0.39, 0.29) is 43.8 Å². The van der Waals surface area contributed by atoms with Crippen molar-refractivity contribution in [2.24, 2.45) is 11.8 Å². The Hall–Kier alpha value is -4.28. The summed E-state index contributed by atoms with van der Waals surface area (Å²) in [6, 6.07) is 18.0. The predicted octanol–water partition coefficient (Wildman–Crippen LogP) is 4.50. The molecule has 3 saturated heterocycles. The molecule has 3 aliphatic heterocycles. The van der Waals surface area contributed by atoms with Crippen LogP contribution in [-0.2, 0) is 35.2 Å². The molecule has 2 bridgehead atoms. The second kappa shape index (κ2) is 16.9. The number of allylic oxidation sites excluding steroid dienone is 1. The molecule has 0 aliphatic carbocycles. The number of hydrogen-bond donors (Lipinski definition) is 2. The van der Waals surface area contributed by atoms with E-state index in [2.05, 4.69) is 18.5 Å². The first-order valence-electron chi connectivity index (χ1n) is 17.5. The van der Waals surface area contributed by atoms with Gasteiger partial charge in [-0.3, -0.25) is 19.2 Å². The van der Waals surface area contributed by atoms with E-state index in [1.165, 1.54) is 0 Å². The molecule has 0 aromatic heterocycles. The lowest BCUT2D eigenvalue weighted by atomic mass is 9.70. The molecular formula is C39H49N3O7. The van der Waals surface area contributed by atoms with Crippen molar-refractivity contribution in [2.75, 3.05) is 26.2 Å². The van der Waals surface area contributed by atoms with Crippen LogP contribution in [0.4, 0.5) is 0 Å². The number of likely N-dealkylation sites (tertiary alicyclic amines) is 1. The van der Waals surface area contributed by atoms with Crippen LogP contribution in [0.2, 0.25) is 0 Å². The van der Waals surface area contributed by atoms with Gasteiger partial charge < -0.3 is 29.7 Å². The average molecular weight is 672 g/mol. The number of aliphatic hydroxyl groups is 1. The maximum Gasteiger partial charge on any atom is 0.313 e. The lowest BCUT2D eigenvalue weighted by Gasteiger charge is -2.37. The summed E-state index contributed by atoms with van der Waals surface area (Å²) in [4.78, 5) is 59.1. The van der Waals surface area contributed by atoms with Crippen LogP contribution in [-0.4, -0.2) is 82.6 Å². The molecule has 3 amide bonds. The second-order valence-electron chi connectivity index (χ2n) is 13.2. The monoisotopic (exact) mass is 671 g/mol. The van der Waals surface area contributed by atoms with E-state index in [0.29, 0.717) is 45.2 Å². The van der Waals surface area contributed by atoms with E-state index in [0.717, 1.165) is 24.0 Å². The minimum Gasteiger partial charge on any atom is -0.455 e. The summed E-state index contributed by atoms with van der Waals surface area (Å²) < 4.78 is 12.8. The highest BCUT2D eigenvalue weighted by molar-refractivity contribution is 5.98. The summed E-state index contributed by atoms with van der Waals surface area (Å²) in [5.74, 6) is -3.00. The third-order valence-electron chi connectivity index (χ3n) is 9.98. The molecule has 3 aliphatic rings. The Labute approximate surface area is 289 Å². The van der Waals surface area contributed by atoms with Gasteiger partial charge in [-0.2, -0.15) is 0 Å². The molecule has 262 valence electrons. The Morgan fingerprint density at radius 3 is 2.45 bits per heavy atom. The topological polar surface area (TPSA) is 125 Å². The number of nitrogens with zero attached hydrogens (tertiary/aromatic N) is 2. The SMILES string of the molecule is C=CCCC(=O)NC[C@@H](OC(=O)[C@@H]1[C@@H]2CC[C@]3(O2)[C@H](C(=O)N(CC=C)Cc2ccccc2)N(CCCCCCO)C(=O)[C@@H]13)c1ccccc1. The summed E-state index contributed by atoms with van der Waals surface area (Å²) in [5, 5.41) is 12.1. The molecular weight excluding hydrogens is 622 g/mol. The summed E-state index contributed by atoms with van der Waals surface area (Å²) in [7, 11) is 0. The first kappa shape index (κ1) is 36.0. The number of fused-ring (bicyclic) bond motifs is 1. The second-order valence-corrected chi connectivity index (χ2v) is 13.2. The predicted molar refractivity (Wildman–Crippen MR) is 185 cm³/mol. The van der Waals surface area contributed by atoms with Crippen molar-refractivity contribution in [1.82, 2.24) is 15.1 Å². The standard InChI is InChI=1S/C39H49N3O7/c1-3-5-20-32(44)40-26-31(29-18-12-9-13-19-29)48-38(47)33-30-21-22-39(49-30)34(33)36(45)42(24-14-6-7-15-25-43)35(39)37(46)41(23-4-2)27-28-16-10-8-11-17-28/h3-4,8-13,16-19,30-31,33-35,43H,1-2,5-7,14-15,20-27H2,(H,40,44)/t30-,31+,33+,34+,35-,39+/m0/s1. The van der Waals surface area contributed by atoms with Crippen LogP contribution in [0, 0.1) is 11.8 Å². The van der Waals surface area contributed by atoms with E-state index in [1.807, 2.05) is 60.7 Å². The number of hydrogen-bond acceptors (Lipinski definition) is 7. The maximum atomic E-state index is 14.6. The van der Waals surface area contributed by atoms with Crippen molar-refractivity contribution in [3.63, 3.8) is 0 Å². The number of unbranched alkanes of at least 4 members (excludes halogenated alkanes) is 3. The zero-order valence-corrected chi connectivity index (χ0v) is 28.2. The smallest absolute Gasteiger partial charge is 0.313 e. The van der Waals surface area contributed by atoms with Gasteiger partial charge in [-0.05, 0) is 43.2 Å². The third-order valence-corrected chi connectivity index (χ3v) is 9.98. The molecule has 0 radical (unpaired) electrons. The highest BCUT2D eigenvalue weighted by Gasteiger charge is 2.75. The third kappa shape index (κ3) is 7.97. The van der Waals surface area contributed by atoms with Crippen LogP contribution in [0.1, 0.15) is 68.6 Å². The van der Waals surface area contributed by atoms with Gasteiger partial charge in [0.2, 0.25) is 17.7 Å². The fourth-order valence-corrected chi connectivity index (χ4v) is 7.70. The molecule has 3 heterocycles. The molecule has 0 saturated carbocycles. The number of nitrogens with one attached hydrogen (secondary N) is 1. The Balaban J connectivity index is 1.41. The molecule has 10 nitrogen and oxygen atoms in total. The lowest BCUT2D eigenvalue weighted by Crippen LogP contribution is -2.56. The first-order chi connectivity index (χ1) is 23.8. The average Bonchev–Trinajstić information content (AvgIpc) is 3.76. The van der Waals surface area contributed by atoms with Gasteiger partial charge in [0.15, 0.2) is 0 Å². The summed E-state index contributed by atoms with van der Waals surface area (Å²) in [6.45, 7) is 8.70. The highest BCUT2D eigenvalue weighted by atomic mass is 16.6. The molecule has 2 aromatic rings. The molecule has 5 rings (SSSR count). The Kier molecular flexibility index (Phi) is 12.4. The maximum absolute atomic E-state index is 14.6. The van der Waals surface area contributed by atoms with E-state index >= 15 is 0 Å². The number of ether oxygens (including phenoxy) is 2. The molecule has 3 fully saturated rings. The Morgan fingerprint density at radius 2 is 1.76 bits per heavy atom. The Morgan fingerprint density at radius 1 is 1.04 bits per heavy atom. The zero-order chi connectivity index (χ0) is 34.8. The van der Waals surface area contributed by atoms with Crippen molar-refractivity contribution >= 4 is 23.7 Å². The van der Waals surface area contributed by atoms with E-state index in [1.54, 1.807) is 22.0 Å². The van der Waals surface area contributed by atoms with Crippen LogP contribution >= 0.6 is 0 Å². The van der Waals surface area contributed by atoms with Crippen molar-refractivity contribution in [3.05, 3.63) is 97.1 Å². The van der Waals surface area contributed by atoms with Crippen molar-refractivity contribution in [2.45, 2.75) is 81.8 Å². The number of carbonyl (C=O) groups excluding carboxylic acids is 4. The van der Waals surface area contributed by atoms with Crippen LogP contribution in [0.3, 0.4) is 0 Å². The zero-order valence-electron chi connectivity index (χ0n) is 28.2. The molecule has 6 atom stereocenters. The highest BCUT2D eigenvalue weighted by Crippen LogP contribution is 2.59. The number of rotatable bonds is 19.